The van der Waals surface area contributed by atoms with Crippen molar-refractivity contribution in [1.82, 2.24) is 0 Å². The van der Waals surface area contributed by atoms with Gasteiger partial charge in [0, 0.05) is 6.08 Å². The van der Waals surface area contributed by atoms with Gasteiger partial charge in [-0.25, -0.2) is 4.79 Å². The van der Waals surface area contributed by atoms with Crippen LogP contribution in [-0.4, -0.2) is 30.0 Å². The van der Waals surface area contributed by atoms with E-state index in [9.17, 15) is 19.7 Å². The second kappa shape index (κ2) is 9.31. The van der Waals surface area contributed by atoms with Crippen LogP contribution in [0.25, 0.3) is 6.08 Å². The van der Waals surface area contributed by atoms with Crippen molar-refractivity contribution in [3.05, 3.63) is 69.8 Å². The number of amides is 1. The van der Waals surface area contributed by atoms with Crippen LogP contribution in [0, 0.1) is 17.0 Å². The normalized spacial score (nSPS) is 11.7. The average molecular weight is 384 g/mol. The minimum Gasteiger partial charge on any atom is -0.496 e. The Morgan fingerprint density at radius 3 is 2.46 bits per heavy atom. The van der Waals surface area contributed by atoms with Crippen molar-refractivity contribution in [2.45, 2.75) is 20.0 Å². The number of nitro benzene ring substituents is 1. The van der Waals surface area contributed by atoms with Gasteiger partial charge < -0.3 is 14.8 Å². The summed E-state index contributed by atoms with van der Waals surface area (Å²) in [5, 5.41) is 13.6. The number of hydrogen-bond acceptors (Lipinski definition) is 6. The second-order valence-corrected chi connectivity index (χ2v) is 5.95. The minimum atomic E-state index is -1.14. The Hall–Kier alpha value is -3.68. The molecule has 8 heteroatoms. The molecule has 1 atom stereocenters. The Balaban J connectivity index is 2.00. The van der Waals surface area contributed by atoms with Crippen molar-refractivity contribution in [2.75, 3.05) is 12.4 Å². The number of aryl methyl sites for hydroxylation is 1. The minimum absolute atomic E-state index is 0.0195. The molecule has 0 radical (unpaired) electrons. The summed E-state index contributed by atoms with van der Waals surface area (Å²) in [6.45, 7) is 3.33. The molecule has 0 unspecified atom stereocenters. The summed E-state index contributed by atoms with van der Waals surface area (Å²) in [4.78, 5) is 34.6. The number of esters is 1. The number of anilines is 1. The predicted molar refractivity (Wildman–Crippen MR) is 104 cm³/mol. The fourth-order valence-corrected chi connectivity index (χ4v) is 2.24. The predicted octanol–water partition coefficient (Wildman–Crippen LogP) is 3.50. The Bertz CT molecular complexity index is 905. The van der Waals surface area contributed by atoms with E-state index in [2.05, 4.69) is 5.32 Å². The lowest BCUT2D eigenvalue weighted by molar-refractivity contribution is -0.384. The molecule has 0 aliphatic rings. The Labute approximate surface area is 161 Å². The van der Waals surface area contributed by atoms with Crippen molar-refractivity contribution in [3.63, 3.8) is 0 Å². The molecule has 0 heterocycles. The van der Waals surface area contributed by atoms with E-state index in [0.717, 1.165) is 11.1 Å². The molecule has 0 fully saturated rings. The van der Waals surface area contributed by atoms with E-state index in [1.807, 2.05) is 31.2 Å². The molecule has 0 aromatic heterocycles. The van der Waals surface area contributed by atoms with Crippen LogP contribution in [0.2, 0.25) is 0 Å². The number of nitrogens with zero attached hydrogens (tertiary/aromatic N) is 1. The third kappa shape index (κ3) is 5.66. The smallest absolute Gasteiger partial charge is 0.331 e. The zero-order chi connectivity index (χ0) is 20.7. The summed E-state index contributed by atoms with van der Waals surface area (Å²) >= 11 is 0. The first-order valence-corrected chi connectivity index (χ1v) is 8.39. The van der Waals surface area contributed by atoms with Gasteiger partial charge in [0.15, 0.2) is 6.10 Å². The van der Waals surface area contributed by atoms with Gasteiger partial charge in [-0.1, -0.05) is 29.8 Å². The number of hydrogen-bond donors (Lipinski definition) is 1. The van der Waals surface area contributed by atoms with E-state index >= 15 is 0 Å². The fourth-order valence-electron chi connectivity index (χ4n) is 2.24. The SMILES string of the molecule is COc1ccc(NC(=O)[C@@H](C)OC(=O)/C=C/c2ccc(C)cc2)c([N+](=O)[O-])c1. The molecule has 28 heavy (non-hydrogen) atoms. The number of methoxy groups -OCH3 is 1. The molecule has 0 aliphatic carbocycles. The van der Waals surface area contributed by atoms with E-state index < -0.39 is 22.9 Å². The van der Waals surface area contributed by atoms with E-state index in [4.69, 9.17) is 9.47 Å². The van der Waals surface area contributed by atoms with Gasteiger partial charge in [0.05, 0.1) is 18.1 Å². The number of carbonyl (C=O) groups excluding carboxylic acids is 2. The summed E-state index contributed by atoms with van der Waals surface area (Å²) in [5.41, 5.74) is 1.56. The molecular formula is C20H20N2O6. The highest BCUT2D eigenvalue weighted by molar-refractivity contribution is 5.98. The van der Waals surface area contributed by atoms with Crippen LogP contribution in [0.1, 0.15) is 18.1 Å². The lowest BCUT2D eigenvalue weighted by atomic mass is 10.1. The molecule has 2 aromatic rings. The molecule has 2 rings (SSSR count). The first-order valence-electron chi connectivity index (χ1n) is 8.39. The Morgan fingerprint density at radius 1 is 1.18 bits per heavy atom. The van der Waals surface area contributed by atoms with Gasteiger partial charge in [0.25, 0.3) is 11.6 Å². The molecule has 0 saturated carbocycles. The average Bonchev–Trinajstić information content (AvgIpc) is 2.67. The standard InChI is InChI=1S/C20H20N2O6/c1-13-4-6-15(7-5-13)8-11-19(23)28-14(2)20(24)21-17-10-9-16(27-3)12-18(17)22(25)26/h4-12,14H,1-3H3,(H,21,24)/b11-8+/t14-/m1/s1. The molecule has 8 nitrogen and oxygen atoms in total. The van der Waals surface area contributed by atoms with Gasteiger partial charge in [-0.2, -0.15) is 0 Å². The van der Waals surface area contributed by atoms with Gasteiger partial charge in [-0.3, -0.25) is 14.9 Å². The van der Waals surface area contributed by atoms with Crippen LogP contribution >= 0.6 is 0 Å². The maximum atomic E-state index is 12.2. The summed E-state index contributed by atoms with van der Waals surface area (Å²) in [6, 6.07) is 11.5. The van der Waals surface area contributed by atoms with Crippen LogP contribution in [0.15, 0.2) is 48.5 Å². The first-order chi connectivity index (χ1) is 13.3. The van der Waals surface area contributed by atoms with Gasteiger partial charge in [-0.05, 0) is 37.6 Å². The number of nitro groups is 1. The highest BCUT2D eigenvalue weighted by Gasteiger charge is 2.22. The highest BCUT2D eigenvalue weighted by Crippen LogP contribution is 2.29. The summed E-state index contributed by atoms with van der Waals surface area (Å²) < 4.78 is 9.98. The van der Waals surface area contributed by atoms with Gasteiger partial charge in [-0.15, -0.1) is 0 Å². The quantitative estimate of drug-likeness (QED) is 0.339. The van der Waals surface area contributed by atoms with Crippen LogP contribution in [0.3, 0.4) is 0 Å². The zero-order valence-electron chi connectivity index (χ0n) is 15.7. The maximum absolute atomic E-state index is 12.2. The Morgan fingerprint density at radius 2 is 1.86 bits per heavy atom. The van der Waals surface area contributed by atoms with Gasteiger partial charge in [0.1, 0.15) is 11.4 Å². The van der Waals surface area contributed by atoms with Gasteiger partial charge in [0.2, 0.25) is 0 Å². The van der Waals surface area contributed by atoms with Crippen molar-refractivity contribution in [2.24, 2.45) is 0 Å². The zero-order valence-corrected chi connectivity index (χ0v) is 15.7. The maximum Gasteiger partial charge on any atom is 0.331 e. The Kier molecular flexibility index (Phi) is 6.86. The van der Waals surface area contributed by atoms with Gasteiger partial charge >= 0.3 is 5.97 Å². The fraction of sp³-hybridized carbons (Fsp3) is 0.200. The molecule has 0 saturated heterocycles. The summed E-state index contributed by atoms with van der Waals surface area (Å²) in [5.74, 6) is -1.11. The van der Waals surface area contributed by atoms with E-state index in [-0.39, 0.29) is 17.1 Å². The van der Waals surface area contributed by atoms with E-state index in [0.29, 0.717) is 0 Å². The molecule has 1 N–H and O–H groups in total. The topological polar surface area (TPSA) is 108 Å². The van der Waals surface area contributed by atoms with Crippen molar-refractivity contribution in [3.8, 4) is 5.75 Å². The third-order valence-electron chi connectivity index (χ3n) is 3.81. The number of nitrogens with one attached hydrogen (secondary N) is 1. The molecule has 0 aliphatic heterocycles. The highest BCUT2D eigenvalue weighted by atomic mass is 16.6. The largest absolute Gasteiger partial charge is 0.496 e. The molecule has 146 valence electrons. The second-order valence-electron chi connectivity index (χ2n) is 5.95. The first kappa shape index (κ1) is 20.6. The van der Waals surface area contributed by atoms with Crippen LogP contribution in [0.5, 0.6) is 5.75 Å². The monoisotopic (exact) mass is 384 g/mol. The molecule has 2 aromatic carbocycles. The van der Waals surface area contributed by atoms with Crippen LogP contribution in [0.4, 0.5) is 11.4 Å². The molecule has 1 amide bonds. The summed E-state index contributed by atoms with van der Waals surface area (Å²) in [6.07, 6.45) is 1.64. The van der Waals surface area contributed by atoms with E-state index in [1.165, 1.54) is 38.3 Å². The van der Waals surface area contributed by atoms with Crippen molar-refractivity contribution >= 4 is 29.3 Å². The van der Waals surface area contributed by atoms with Crippen LogP contribution < -0.4 is 10.1 Å². The van der Waals surface area contributed by atoms with E-state index in [1.54, 1.807) is 6.08 Å². The van der Waals surface area contributed by atoms with Crippen molar-refractivity contribution < 1.29 is 24.0 Å². The van der Waals surface area contributed by atoms with Crippen LogP contribution in [-0.2, 0) is 14.3 Å². The molecule has 0 spiro atoms. The van der Waals surface area contributed by atoms with Crippen molar-refractivity contribution in [1.29, 1.82) is 0 Å². The number of carbonyl (C=O) groups is 2. The number of benzene rings is 2. The molecular weight excluding hydrogens is 364 g/mol. The number of ether oxygens (including phenoxy) is 2. The lowest BCUT2D eigenvalue weighted by Crippen LogP contribution is -2.29. The third-order valence-corrected chi connectivity index (χ3v) is 3.81. The molecule has 0 bridgehead atoms. The lowest BCUT2D eigenvalue weighted by Gasteiger charge is -2.13. The number of rotatable bonds is 7. The summed E-state index contributed by atoms with van der Waals surface area (Å²) in [7, 11) is 1.38.